The largest absolute Gasteiger partial charge is 0.447 e. The average Bonchev–Trinajstić information content (AvgIpc) is 2.92. The molecule has 3 rings (SSSR count). The van der Waals surface area contributed by atoms with Crippen molar-refractivity contribution >= 4 is 86.6 Å². The Bertz CT molecular complexity index is 889. The van der Waals surface area contributed by atoms with Crippen molar-refractivity contribution in [1.29, 1.82) is 0 Å². The third-order valence-corrected chi connectivity index (χ3v) is 4.94. The zero-order valence-corrected chi connectivity index (χ0v) is 18.4. The molecule has 1 fully saturated rings. The number of hydrogen-bond acceptors (Lipinski definition) is 6. The molecule has 152 valence electrons. The molecule has 2 heterocycles. The molecule has 0 unspecified atom stereocenters. The van der Waals surface area contributed by atoms with E-state index in [1.165, 1.54) is 0 Å². The van der Waals surface area contributed by atoms with Gasteiger partial charge < -0.3 is 14.9 Å². The Labute approximate surface area is 189 Å². The van der Waals surface area contributed by atoms with Crippen molar-refractivity contribution in [3.05, 3.63) is 30.2 Å². The SMILES string of the molecule is C[C@@]1(c2ncc3cc(OOC(C(Cl)(Cl)Cl)C(Cl)(Cl)Cl)ccc3n2)COC(=O)N1. The molecule has 1 atom stereocenters. The summed E-state index contributed by atoms with van der Waals surface area (Å²) in [4.78, 5) is 30.3. The molecule has 1 N–H and O–H groups in total. The van der Waals surface area contributed by atoms with Crippen LogP contribution in [-0.2, 0) is 15.2 Å². The summed E-state index contributed by atoms with van der Waals surface area (Å²) in [6, 6.07) is 4.79. The molecule has 1 aromatic heterocycles. The number of ether oxygens (including phenoxy) is 1. The number of rotatable bonds is 4. The number of cyclic esters (lactones) is 1. The molecule has 0 aliphatic carbocycles. The highest BCUT2D eigenvalue weighted by atomic mass is 35.6. The second kappa shape index (κ2) is 7.87. The van der Waals surface area contributed by atoms with Crippen LogP contribution in [0.15, 0.2) is 24.4 Å². The topological polar surface area (TPSA) is 82.6 Å². The number of nitrogens with zero attached hydrogens (tertiary/aromatic N) is 2. The standard InChI is InChI=1S/C15H11Cl6N3O4/c1-13(6-26-12(25)24-13)11-22-5-7-4-8(2-3-9(7)23-11)27-28-10(14(16,17)18)15(19,20)21/h2-5,10H,6H2,1H3,(H,24,25)/t13-/m0/s1. The lowest BCUT2D eigenvalue weighted by Gasteiger charge is -2.28. The zero-order chi connectivity index (χ0) is 20.7. The summed E-state index contributed by atoms with van der Waals surface area (Å²) < 4.78 is 0.828. The van der Waals surface area contributed by atoms with Crippen LogP contribution in [-0.4, -0.2) is 36.4 Å². The van der Waals surface area contributed by atoms with Crippen molar-refractivity contribution < 1.29 is 19.3 Å². The first-order valence-electron chi connectivity index (χ1n) is 7.57. The van der Waals surface area contributed by atoms with Crippen LogP contribution in [0, 0.1) is 0 Å². The summed E-state index contributed by atoms with van der Waals surface area (Å²) in [5.41, 5.74) is -0.218. The van der Waals surface area contributed by atoms with Gasteiger partial charge in [0.05, 0.1) is 5.52 Å². The monoisotopic (exact) mass is 507 g/mol. The van der Waals surface area contributed by atoms with Gasteiger partial charge in [-0.05, 0) is 25.1 Å². The fraction of sp³-hybridized carbons (Fsp3) is 0.400. The van der Waals surface area contributed by atoms with Gasteiger partial charge in [-0.3, -0.25) is 0 Å². The molecule has 0 bridgehead atoms. The highest BCUT2D eigenvalue weighted by Gasteiger charge is 2.49. The summed E-state index contributed by atoms with van der Waals surface area (Å²) in [6.07, 6.45) is -0.471. The molecule has 2 aromatic rings. The van der Waals surface area contributed by atoms with Gasteiger partial charge in [-0.2, -0.15) is 4.89 Å². The number of carbonyl (C=O) groups is 1. The van der Waals surface area contributed by atoms with E-state index in [0.717, 1.165) is 0 Å². The van der Waals surface area contributed by atoms with Gasteiger partial charge in [0.15, 0.2) is 17.7 Å². The van der Waals surface area contributed by atoms with Crippen LogP contribution in [0.4, 0.5) is 4.79 Å². The molecule has 1 amide bonds. The van der Waals surface area contributed by atoms with E-state index in [1.807, 2.05) is 0 Å². The molecule has 7 nitrogen and oxygen atoms in total. The highest BCUT2D eigenvalue weighted by Crippen LogP contribution is 2.45. The first kappa shape index (κ1) is 22.0. The smallest absolute Gasteiger partial charge is 0.408 e. The molecule has 1 aliphatic heterocycles. The lowest BCUT2D eigenvalue weighted by Crippen LogP contribution is -2.41. The van der Waals surface area contributed by atoms with E-state index in [2.05, 4.69) is 15.3 Å². The van der Waals surface area contributed by atoms with Crippen LogP contribution in [0.25, 0.3) is 10.9 Å². The Morgan fingerprint density at radius 1 is 1.21 bits per heavy atom. The maximum absolute atomic E-state index is 11.3. The normalized spacial score (nSPS) is 20.4. The zero-order valence-electron chi connectivity index (χ0n) is 13.9. The van der Waals surface area contributed by atoms with Gasteiger partial charge in [-0.15, -0.1) is 0 Å². The minimum Gasteiger partial charge on any atom is -0.447 e. The minimum absolute atomic E-state index is 0.127. The van der Waals surface area contributed by atoms with Crippen molar-refractivity contribution in [3.63, 3.8) is 0 Å². The number of amides is 1. The molecular weight excluding hydrogens is 499 g/mol. The van der Waals surface area contributed by atoms with Crippen molar-refractivity contribution in [2.24, 2.45) is 0 Å². The van der Waals surface area contributed by atoms with Crippen LogP contribution in [0.5, 0.6) is 5.75 Å². The average molecular weight is 510 g/mol. The highest BCUT2D eigenvalue weighted by molar-refractivity contribution is 6.73. The fourth-order valence-corrected chi connectivity index (χ4v) is 4.06. The second-order valence-corrected chi connectivity index (χ2v) is 10.8. The van der Waals surface area contributed by atoms with Crippen molar-refractivity contribution in [2.75, 3.05) is 6.61 Å². The molecule has 0 saturated carbocycles. The van der Waals surface area contributed by atoms with Gasteiger partial charge in [-0.1, -0.05) is 69.6 Å². The number of alkyl halides is 6. The lowest BCUT2D eigenvalue weighted by atomic mass is 10.0. The van der Waals surface area contributed by atoms with Crippen LogP contribution < -0.4 is 10.2 Å². The van der Waals surface area contributed by atoms with Crippen LogP contribution in [0.3, 0.4) is 0 Å². The number of carbonyl (C=O) groups excluding carboxylic acids is 1. The number of alkyl carbamates (subject to hydrolysis) is 1. The number of hydrogen-bond donors (Lipinski definition) is 1. The summed E-state index contributed by atoms with van der Waals surface area (Å²) in [7, 11) is 0. The van der Waals surface area contributed by atoms with Crippen LogP contribution in [0.2, 0.25) is 0 Å². The number of nitrogens with one attached hydrogen (secondary N) is 1. The van der Waals surface area contributed by atoms with E-state index < -0.39 is 25.3 Å². The van der Waals surface area contributed by atoms with E-state index in [0.29, 0.717) is 16.7 Å². The van der Waals surface area contributed by atoms with Gasteiger partial charge in [0.25, 0.3) is 0 Å². The Hall–Kier alpha value is -0.670. The Morgan fingerprint density at radius 3 is 2.46 bits per heavy atom. The summed E-state index contributed by atoms with van der Waals surface area (Å²) in [5.74, 6) is 0.643. The van der Waals surface area contributed by atoms with E-state index >= 15 is 0 Å². The quantitative estimate of drug-likeness (QED) is 0.354. The lowest BCUT2D eigenvalue weighted by molar-refractivity contribution is -0.242. The molecular formula is C15H11Cl6N3O4. The first-order valence-corrected chi connectivity index (χ1v) is 9.84. The first-order chi connectivity index (χ1) is 12.9. The van der Waals surface area contributed by atoms with Crippen molar-refractivity contribution in [1.82, 2.24) is 15.3 Å². The fourth-order valence-electron chi connectivity index (χ4n) is 2.36. The molecule has 0 radical (unpaired) electrons. The third kappa shape index (κ3) is 4.90. The van der Waals surface area contributed by atoms with Crippen LogP contribution in [0.1, 0.15) is 12.7 Å². The maximum atomic E-state index is 11.3. The van der Waals surface area contributed by atoms with E-state index in [9.17, 15) is 4.79 Å². The minimum atomic E-state index is -2.05. The van der Waals surface area contributed by atoms with Crippen LogP contribution >= 0.6 is 69.6 Å². The summed E-state index contributed by atoms with van der Waals surface area (Å²) in [5, 5.41) is 3.30. The predicted octanol–water partition coefficient (Wildman–Crippen LogP) is 5.00. The molecule has 13 heteroatoms. The van der Waals surface area contributed by atoms with Gasteiger partial charge in [0.2, 0.25) is 7.59 Å². The second-order valence-electron chi connectivity index (χ2n) is 6.09. The number of halogens is 6. The van der Waals surface area contributed by atoms with Gasteiger partial charge >= 0.3 is 6.09 Å². The summed E-state index contributed by atoms with van der Waals surface area (Å²) in [6.45, 7) is 1.89. The van der Waals surface area contributed by atoms with Gasteiger partial charge in [0.1, 0.15) is 12.1 Å². The van der Waals surface area contributed by atoms with Gasteiger partial charge in [-0.25, -0.2) is 14.8 Å². The summed E-state index contributed by atoms with van der Waals surface area (Å²) >= 11 is 34.6. The Balaban J connectivity index is 1.80. The number of benzene rings is 1. The maximum Gasteiger partial charge on any atom is 0.408 e. The van der Waals surface area contributed by atoms with E-state index in [4.69, 9.17) is 84.1 Å². The van der Waals surface area contributed by atoms with Crippen molar-refractivity contribution in [3.8, 4) is 5.75 Å². The molecule has 1 aliphatic rings. The molecule has 1 saturated heterocycles. The predicted molar refractivity (Wildman–Crippen MR) is 107 cm³/mol. The Morgan fingerprint density at radius 2 is 1.89 bits per heavy atom. The molecule has 0 spiro atoms. The van der Waals surface area contributed by atoms with Gasteiger partial charge in [0, 0.05) is 11.6 Å². The number of fused-ring (bicyclic) bond motifs is 1. The van der Waals surface area contributed by atoms with E-state index in [-0.39, 0.29) is 12.4 Å². The Kier molecular flexibility index (Phi) is 6.19. The van der Waals surface area contributed by atoms with E-state index in [1.54, 1.807) is 31.3 Å². The number of aromatic nitrogens is 2. The third-order valence-electron chi connectivity index (χ3n) is 3.75. The molecule has 28 heavy (non-hydrogen) atoms. The van der Waals surface area contributed by atoms with Crippen molar-refractivity contribution in [2.45, 2.75) is 26.2 Å². The molecule has 1 aromatic carbocycles.